The summed E-state index contributed by atoms with van der Waals surface area (Å²) in [6.45, 7) is 0. The van der Waals surface area contributed by atoms with Gasteiger partial charge in [-0.2, -0.15) is 10.4 Å². The highest BCUT2D eigenvalue weighted by Gasteiger charge is 2.22. The summed E-state index contributed by atoms with van der Waals surface area (Å²) in [6.07, 6.45) is 1.08. The number of hydrogen-bond acceptors (Lipinski definition) is 6. The number of anilines is 2. The Morgan fingerprint density at radius 2 is 2.25 bits per heavy atom. The van der Waals surface area contributed by atoms with Gasteiger partial charge < -0.3 is 10.5 Å². The molecule has 1 aromatic carbocycles. The van der Waals surface area contributed by atoms with E-state index in [4.69, 9.17) is 15.7 Å². The second-order valence-corrected chi connectivity index (χ2v) is 5.40. The van der Waals surface area contributed by atoms with Gasteiger partial charge in [0.1, 0.15) is 28.2 Å². The van der Waals surface area contributed by atoms with Crippen molar-refractivity contribution in [1.82, 2.24) is 10.2 Å². The summed E-state index contributed by atoms with van der Waals surface area (Å²) in [7, 11) is -2.59. The molecule has 0 radical (unpaired) electrons. The topological polar surface area (TPSA) is 134 Å². The number of aromatic amines is 1. The first-order valence-corrected chi connectivity index (χ1v) is 6.86. The first-order valence-electron chi connectivity index (χ1n) is 5.38. The summed E-state index contributed by atoms with van der Waals surface area (Å²) in [5, 5.41) is 14.9. The Morgan fingerprint density at radius 1 is 1.50 bits per heavy atom. The Hall–Kier alpha value is -2.73. The van der Waals surface area contributed by atoms with Crippen molar-refractivity contribution in [3.63, 3.8) is 0 Å². The van der Waals surface area contributed by atoms with Gasteiger partial charge in [0.2, 0.25) is 0 Å². The molecular weight excluding hydrogens is 282 g/mol. The first kappa shape index (κ1) is 13.7. The standard InChI is InChI=1S/C11H11N5O3S/c1-19-8-4-2-3-7(5-12)10(8)16-20(17,18)9-6-14-15-11(9)13/h2-4,6,16H,1H3,(H3,13,14,15). The highest BCUT2D eigenvalue weighted by Crippen LogP contribution is 2.30. The fourth-order valence-electron chi connectivity index (χ4n) is 1.59. The molecule has 0 saturated heterocycles. The van der Waals surface area contributed by atoms with Crippen LogP contribution < -0.4 is 15.2 Å². The molecule has 0 aliphatic carbocycles. The Bertz CT molecular complexity index is 776. The van der Waals surface area contributed by atoms with Crippen molar-refractivity contribution in [2.24, 2.45) is 0 Å². The van der Waals surface area contributed by atoms with E-state index < -0.39 is 10.0 Å². The zero-order chi connectivity index (χ0) is 14.8. The van der Waals surface area contributed by atoms with Gasteiger partial charge in [0.05, 0.1) is 18.9 Å². The van der Waals surface area contributed by atoms with Crippen molar-refractivity contribution >= 4 is 21.5 Å². The fraction of sp³-hybridized carbons (Fsp3) is 0.0909. The SMILES string of the molecule is COc1cccc(C#N)c1NS(=O)(=O)c1cn[nH]c1N. The molecule has 0 fully saturated rings. The van der Waals surface area contributed by atoms with Crippen molar-refractivity contribution in [3.05, 3.63) is 30.0 Å². The number of nitrogens with two attached hydrogens (primary N) is 1. The molecule has 0 saturated carbocycles. The van der Waals surface area contributed by atoms with Crippen LogP contribution in [0.5, 0.6) is 5.75 Å². The molecular formula is C11H11N5O3S. The van der Waals surface area contributed by atoms with Crippen LogP contribution >= 0.6 is 0 Å². The largest absolute Gasteiger partial charge is 0.495 e. The predicted molar refractivity (Wildman–Crippen MR) is 71.5 cm³/mol. The average molecular weight is 293 g/mol. The third-order valence-corrected chi connectivity index (χ3v) is 3.90. The third kappa shape index (κ3) is 2.36. The van der Waals surface area contributed by atoms with Crippen molar-refractivity contribution < 1.29 is 13.2 Å². The Balaban J connectivity index is 2.50. The van der Waals surface area contributed by atoms with Crippen LogP contribution in [0.3, 0.4) is 0 Å². The van der Waals surface area contributed by atoms with Gasteiger partial charge in [-0.05, 0) is 12.1 Å². The van der Waals surface area contributed by atoms with Crippen molar-refractivity contribution in [1.29, 1.82) is 5.26 Å². The molecule has 104 valence electrons. The van der Waals surface area contributed by atoms with Crippen LogP contribution in [0.25, 0.3) is 0 Å². The third-order valence-electron chi connectivity index (χ3n) is 2.52. The van der Waals surface area contributed by atoms with Crippen LogP contribution in [-0.2, 0) is 10.0 Å². The van der Waals surface area contributed by atoms with Crippen LogP contribution in [0, 0.1) is 11.3 Å². The normalized spacial score (nSPS) is 10.8. The van der Waals surface area contributed by atoms with E-state index in [9.17, 15) is 8.42 Å². The minimum Gasteiger partial charge on any atom is -0.495 e. The number of hydrogen-bond donors (Lipinski definition) is 3. The van der Waals surface area contributed by atoms with E-state index in [0.717, 1.165) is 6.20 Å². The van der Waals surface area contributed by atoms with E-state index in [0.29, 0.717) is 0 Å². The molecule has 8 nitrogen and oxygen atoms in total. The fourth-order valence-corrected chi connectivity index (χ4v) is 2.70. The number of nitrogens with one attached hydrogen (secondary N) is 2. The highest BCUT2D eigenvalue weighted by molar-refractivity contribution is 7.92. The van der Waals surface area contributed by atoms with Gasteiger partial charge in [0, 0.05) is 0 Å². The van der Waals surface area contributed by atoms with E-state index in [-0.39, 0.29) is 27.7 Å². The van der Waals surface area contributed by atoms with Gasteiger partial charge in [0.25, 0.3) is 10.0 Å². The number of H-pyrrole nitrogens is 1. The van der Waals surface area contributed by atoms with Crippen LogP contribution in [0.4, 0.5) is 11.5 Å². The number of aromatic nitrogens is 2. The smallest absolute Gasteiger partial charge is 0.267 e. The lowest BCUT2D eigenvalue weighted by Crippen LogP contribution is -2.15. The average Bonchev–Trinajstić information content (AvgIpc) is 2.85. The quantitative estimate of drug-likeness (QED) is 0.758. The summed E-state index contributed by atoms with van der Waals surface area (Å²) < 4.78 is 31.7. The van der Waals surface area contributed by atoms with Crippen molar-refractivity contribution in [2.45, 2.75) is 4.90 Å². The van der Waals surface area contributed by atoms with E-state index in [1.807, 2.05) is 6.07 Å². The molecule has 2 rings (SSSR count). The van der Waals surface area contributed by atoms with Gasteiger partial charge in [-0.15, -0.1) is 0 Å². The zero-order valence-corrected chi connectivity index (χ0v) is 11.2. The molecule has 9 heteroatoms. The van der Waals surface area contributed by atoms with Crippen LogP contribution in [0.2, 0.25) is 0 Å². The van der Waals surface area contributed by atoms with Crippen LogP contribution in [0.1, 0.15) is 5.56 Å². The number of methoxy groups -OCH3 is 1. The number of benzene rings is 1. The lowest BCUT2D eigenvalue weighted by molar-refractivity contribution is 0.417. The van der Waals surface area contributed by atoms with Crippen LogP contribution in [0.15, 0.2) is 29.3 Å². The predicted octanol–water partition coefficient (Wildman–Crippen LogP) is 0.673. The molecule has 0 unspecified atom stereocenters. The van der Waals surface area contributed by atoms with Crippen LogP contribution in [-0.4, -0.2) is 25.7 Å². The molecule has 4 N–H and O–H groups in total. The minimum atomic E-state index is -3.97. The van der Waals surface area contributed by atoms with Gasteiger partial charge in [-0.1, -0.05) is 6.07 Å². The molecule has 1 aromatic heterocycles. The van der Waals surface area contributed by atoms with Gasteiger partial charge in [-0.3, -0.25) is 9.82 Å². The molecule has 1 heterocycles. The van der Waals surface area contributed by atoms with Gasteiger partial charge in [0.15, 0.2) is 0 Å². The first-order chi connectivity index (χ1) is 9.49. The van der Waals surface area contributed by atoms with Crippen molar-refractivity contribution in [2.75, 3.05) is 17.6 Å². The number of nitrogen functional groups attached to an aromatic ring is 1. The maximum absolute atomic E-state index is 12.2. The lowest BCUT2D eigenvalue weighted by Gasteiger charge is -2.12. The number of para-hydroxylation sites is 1. The molecule has 0 aliphatic rings. The second-order valence-electron chi connectivity index (χ2n) is 3.75. The second kappa shape index (κ2) is 5.10. The summed E-state index contributed by atoms with van der Waals surface area (Å²) in [5.74, 6) is 0.139. The molecule has 2 aromatic rings. The Kier molecular flexibility index (Phi) is 3.49. The molecule has 0 atom stereocenters. The Morgan fingerprint density at radius 3 is 2.80 bits per heavy atom. The molecule has 0 bridgehead atoms. The molecule has 0 aliphatic heterocycles. The summed E-state index contributed by atoms with van der Waals surface area (Å²) >= 11 is 0. The maximum atomic E-state index is 12.2. The number of nitrogens with zero attached hydrogens (tertiary/aromatic N) is 2. The number of nitriles is 1. The van der Waals surface area contributed by atoms with E-state index in [1.165, 1.54) is 19.2 Å². The summed E-state index contributed by atoms with van der Waals surface area (Å²) in [4.78, 5) is -0.202. The maximum Gasteiger partial charge on any atom is 0.267 e. The number of rotatable bonds is 4. The number of sulfonamides is 1. The number of ether oxygens (including phenoxy) is 1. The van der Waals surface area contributed by atoms with Gasteiger partial charge in [-0.25, -0.2) is 8.42 Å². The van der Waals surface area contributed by atoms with E-state index >= 15 is 0 Å². The minimum absolute atomic E-state index is 0.0538. The zero-order valence-electron chi connectivity index (χ0n) is 10.4. The molecule has 20 heavy (non-hydrogen) atoms. The van der Waals surface area contributed by atoms with Gasteiger partial charge >= 0.3 is 0 Å². The molecule has 0 spiro atoms. The lowest BCUT2D eigenvalue weighted by atomic mass is 10.2. The summed E-state index contributed by atoms with van der Waals surface area (Å²) in [5.41, 5.74) is 5.68. The van der Waals surface area contributed by atoms with E-state index in [1.54, 1.807) is 6.07 Å². The Labute approximate surface area is 115 Å². The monoisotopic (exact) mass is 293 g/mol. The van der Waals surface area contributed by atoms with E-state index in [2.05, 4.69) is 14.9 Å². The van der Waals surface area contributed by atoms with Crippen molar-refractivity contribution in [3.8, 4) is 11.8 Å². The summed E-state index contributed by atoms with van der Waals surface area (Å²) in [6, 6.07) is 6.49. The molecule has 0 amide bonds. The highest BCUT2D eigenvalue weighted by atomic mass is 32.2.